The summed E-state index contributed by atoms with van der Waals surface area (Å²) >= 11 is 0. The molecule has 2 aliphatic rings. The van der Waals surface area contributed by atoms with E-state index in [1.54, 1.807) is 6.07 Å². The predicted molar refractivity (Wildman–Crippen MR) is 160 cm³/mol. The van der Waals surface area contributed by atoms with Crippen molar-refractivity contribution in [3.05, 3.63) is 69.6 Å². The number of carboxylic acids is 2. The summed E-state index contributed by atoms with van der Waals surface area (Å²) in [5, 5.41) is 22.8. The molecule has 13 heteroatoms. The minimum atomic E-state index is -0.881. The average molecular weight is 590 g/mol. The third-order valence-corrected chi connectivity index (χ3v) is 7.37. The zero-order valence-electron chi connectivity index (χ0n) is 24.4. The second-order valence-corrected chi connectivity index (χ2v) is 11.0. The Bertz CT molecular complexity index is 1320. The fourth-order valence-corrected chi connectivity index (χ4v) is 4.90. The first-order valence-corrected chi connectivity index (χ1v) is 14.6. The maximum atomic E-state index is 11.7. The summed E-state index contributed by atoms with van der Waals surface area (Å²) in [5.74, 6) is 5.16. The third kappa shape index (κ3) is 12.0. The number of aliphatic carboxylic acids is 2. The molecule has 4 rings (SSSR count). The Balaban J connectivity index is 1.47. The number of carboxylic acid groups (broad SMARTS) is 2. The second kappa shape index (κ2) is 16.6. The standard InChI is InChI=1S/C30H39N9O4/c31-35-32-19-26-4-2-6-28(34-26)21-37-13-17-38(22-29(40)41)15-11-36(12-16-39(18-14-37)23-30(42)43)20-27-5-1-3-25(33-27)10-9-24-7-8-24/h1-6,24H,7-8,11-23H2,(H,40,41)(H,42,43). The molecule has 0 unspecified atom stereocenters. The molecule has 0 amide bonds. The van der Waals surface area contributed by atoms with Gasteiger partial charge < -0.3 is 10.2 Å². The van der Waals surface area contributed by atoms with Gasteiger partial charge in [-0.2, -0.15) is 0 Å². The van der Waals surface area contributed by atoms with Gasteiger partial charge in [0.25, 0.3) is 0 Å². The molecule has 2 fully saturated rings. The number of azide groups is 1. The van der Waals surface area contributed by atoms with Crippen molar-refractivity contribution in [1.29, 1.82) is 0 Å². The lowest BCUT2D eigenvalue weighted by molar-refractivity contribution is -0.139. The topological polar surface area (TPSA) is 162 Å². The SMILES string of the molecule is [N-]=[N+]=NCc1cccc(CN2CCN(CC(=O)O)CCN(Cc3cccc(C#CC4CC4)n3)CCN(CC(=O)O)CC2)n1. The molecule has 1 saturated heterocycles. The molecule has 0 atom stereocenters. The van der Waals surface area contributed by atoms with Crippen LogP contribution in [0.5, 0.6) is 0 Å². The molecular weight excluding hydrogens is 550 g/mol. The van der Waals surface area contributed by atoms with Crippen LogP contribution in [0.25, 0.3) is 10.4 Å². The lowest BCUT2D eigenvalue weighted by atomic mass is 10.2. The molecule has 2 aromatic rings. The molecule has 0 radical (unpaired) electrons. The number of aromatic nitrogens is 2. The Morgan fingerprint density at radius 2 is 1.28 bits per heavy atom. The Kier molecular flexibility index (Phi) is 12.3. The van der Waals surface area contributed by atoms with Crippen LogP contribution in [0, 0.1) is 17.8 Å². The first-order chi connectivity index (χ1) is 20.9. The fraction of sp³-hybridized carbons (Fsp3) is 0.533. The number of hydrogen-bond acceptors (Lipinski definition) is 9. The van der Waals surface area contributed by atoms with Gasteiger partial charge >= 0.3 is 11.9 Å². The van der Waals surface area contributed by atoms with Crippen LogP contribution in [-0.2, 0) is 29.2 Å². The van der Waals surface area contributed by atoms with Crippen LogP contribution in [0.3, 0.4) is 0 Å². The van der Waals surface area contributed by atoms with Crippen molar-refractivity contribution in [2.45, 2.75) is 32.5 Å². The van der Waals surface area contributed by atoms with E-state index in [1.807, 2.05) is 40.1 Å². The van der Waals surface area contributed by atoms with E-state index in [0.29, 0.717) is 77.1 Å². The fourth-order valence-electron chi connectivity index (χ4n) is 4.90. The lowest BCUT2D eigenvalue weighted by Gasteiger charge is -2.33. The first kappa shape index (κ1) is 31.9. The molecule has 0 aromatic carbocycles. The van der Waals surface area contributed by atoms with Gasteiger partial charge in [-0.1, -0.05) is 23.2 Å². The van der Waals surface area contributed by atoms with E-state index >= 15 is 0 Å². The van der Waals surface area contributed by atoms with E-state index in [2.05, 4.69) is 36.7 Å². The predicted octanol–water partition coefficient (Wildman–Crippen LogP) is 2.14. The van der Waals surface area contributed by atoms with Crippen molar-refractivity contribution in [3.8, 4) is 11.8 Å². The summed E-state index contributed by atoms with van der Waals surface area (Å²) in [4.78, 5) is 43.8. The van der Waals surface area contributed by atoms with E-state index in [4.69, 9.17) is 10.5 Å². The van der Waals surface area contributed by atoms with Crippen LogP contribution >= 0.6 is 0 Å². The Hall–Kier alpha value is -4.05. The highest BCUT2D eigenvalue weighted by atomic mass is 16.4. The van der Waals surface area contributed by atoms with Gasteiger partial charge in [-0.3, -0.25) is 34.2 Å². The van der Waals surface area contributed by atoms with E-state index < -0.39 is 11.9 Å². The van der Waals surface area contributed by atoms with Gasteiger partial charge in [0.2, 0.25) is 0 Å². The highest BCUT2D eigenvalue weighted by Crippen LogP contribution is 2.27. The minimum Gasteiger partial charge on any atom is -0.480 e. The first-order valence-electron chi connectivity index (χ1n) is 14.6. The maximum absolute atomic E-state index is 11.7. The second-order valence-electron chi connectivity index (χ2n) is 11.0. The van der Waals surface area contributed by atoms with Gasteiger partial charge in [0, 0.05) is 82.0 Å². The Morgan fingerprint density at radius 3 is 1.79 bits per heavy atom. The molecule has 0 bridgehead atoms. The molecule has 0 spiro atoms. The van der Waals surface area contributed by atoms with Crippen molar-refractivity contribution in [2.24, 2.45) is 11.0 Å². The van der Waals surface area contributed by atoms with Crippen LogP contribution < -0.4 is 0 Å². The molecule has 13 nitrogen and oxygen atoms in total. The zero-order chi connectivity index (χ0) is 30.4. The third-order valence-electron chi connectivity index (χ3n) is 7.37. The van der Waals surface area contributed by atoms with E-state index in [1.165, 1.54) is 0 Å². The van der Waals surface area contributed by atoms with Crippen LogP contribution in [0.2, 0.25) is 0 Å². The van der Waals surface area contributed by atoms with E-state index in [0.717, 1.165) is 29.9 Å². The molecule has 3 heterocycles. The van der Waals surface area contributed by atoms with Gasteiger partial charge in [0.1, 0.15) is 5.69 Å². The van der Waals surface area contributed by atoms with Gasteiger partial charge in [-0.05, 0) is 48.6 Å². The summed E-state index contributed by atoms with van der Waals surface area (Å²) in [5.41, 5.74) is 11.7. The molecule has 228 valence electrons. The summed E-state index contributed by atoms with van der Waals surface area (Å²) in [6.45, 7) is 5.60. The van der Waals surface area contributed by atoms with Gasteiger partial charge in [-0.25, -0.2) is 4.98 Å². The lowest BCUT2D eigenvalue weighted by Crippen LogP contribution is -2.47. The summed E-state index contributed by atoms with van der Waals surface area (Å²) in [6.07, 6.45) is 2.31. The smallest absolute Gasteiger partial charge is 0.317 e. The largest absolute Gasteiger partial charge is 0.480 e. The van der Waals surface area contributed by atoms with Crippen LogP contribution in [0.15, 0.2) is 41.5 Å². The maximum Gasteiger partial charge on any atom is 0.317 e. The number of pyridine rings is 2. The zero-order valence-corrected chi connectivity index (χ0v) is 24.4. The quantitative estimate of drug-likeness (QED) is 0.182. The monoisotopic (exact) mass is 589 g/mol. The highest BCUT2D eigenvalue weighted by Gasteiger charge is 2.20. The Labute approximate surface area is 251 Å². The van der Waals surface area contributed by atoms with Crippen molar-refractivity contribution in [3.63, 3.8) is 0 Å². The number of hydrogen-bond donors (Lipinski definition) is 2. The number of rotatable bonds is 10. The van der Waals surface area contributed by atoms with Crippen molar-refractivity contribution >= 4 is 11.9 Å². The van der Waals surface area contributed by atoms with Crippen molar-refractivity contribution < 1.29 is 19.8 Å². The minimum absolute atomic E-state index is 0.0722. The molecule has 1 aliphatic carbocycles. The Morgan fingerprint density at radius 1 is 0.791 bits per heavy atom. The van der Waals surface area contributed by atoms with Crippen molar-refractivity contribution in [2.75, 3.05) is 65.4 Å². The summed E-state index contributed by atoms with van der Waals surface area (Å²) in [6, 6.07) is 11.4. The summed E-state index contributed by atoms with van der Waals surface area (Å²) in [7, 11) is 0. The summed E-state index contributed by atoms with van der Waals surface area (Å²) < 4.78 is 0. The van der Waals surface area contributed by atoms with Gasteiger partial charge in [-0.15, -0.1) is 0 Å². The molecule has 2 N–H and O–H groups in total. The molecule has 1 saturated carbocycles. The van der Waals surface area contributed by atoms with E-state index in [-0.39, 0.29) is 19.6 Å². The van der Waals surface area contributed by atoms with Crippen LogP contribution in [0.1, 0.15) is 35.6 Å². The number of nitrogens with zero attached hydrogens (tertiary/aromatic N) is 9. The molecule has 1 aliphatic heterocycles. The van der Waals surface area contributed by atoms with Gasteiger partial charge in [0.15, 0.2) is 0 Å². The van der Waals surface area contributed by atoms with Crippen molar-refractivity contribution in [1.82, 2.24) is 29.6 Å². The van der Waals surface area contributed by atoms with Crippen LogP contribution in [0.4, 0.5) is 0 Å². The molecular formula is C30H39N9O4. The van der Waals surface area contributed by atoms with Gasteiger partial charge in [0.05, 0.1) is 31.0 Å². The average Bonchev–Trinajstić information content (AvgIpc) is 3.81. The normalized spacial score (nSPS) is 18.0. The molecule has 2 aromatic heterocycles. The highest BCUT2D eigenvalue weighted by molar-refractivity contribution is 5.69. The molecule has 43 heavy (non-hydrogen) atoms. The van der Waals surface area contributed by atoms with E-state index in [9.17, 15) is 19.8 Å². The van der Waals surface area contributed by atoms with Crippen LogP contribution in [-0.4, -0.2) is 117 Å². The number of carbonyl (C=O) groups is 2.